The maximum absolute atomic E-state index is 13.5. The first-order valence-electron chi connectivity index (χ1n) is 11.8. The molecule has 0 aliphatic carbocycles. The largest absolute Gasteiger partial charge is 0.489 e. The van der Waals surface area contributed by atoms with Crippen LogP contribution in [0.4, 0.5) is 0 Å². The zero-order chi connectivity index (χ0) is 24.9. The van der Waals surface area contributed by atoms with Gasteiger partial charge in [0.25, 0.3) is 5.91 Å². The number of primary amides is 1. The average molecular weight is 475 g/mol. The van der Waals surface area contributed by atoms with E-state index in [0.29, 0.717) is 12.2 Å². The molecule has 0 aromatic heterocycles. The van der Waals surface area contributed by atoms with Crippen molar-refractivity contribution in [3.8, 4) is 5.75 Å². The smallest absolute Gasteiger partial charge is 0.253 e. The Hall–Kier alpha value is -4.64. The molecule has 0 saturated heterocycles. The van der Waals surface area contributed by atoms with Gasteiger partial charge in [0.15, 0.2) is 0 Å². The minimum absolute atomic E-state index is 0.280. The number of amides is 2. The van der Waals surface area contributed by atoms with Crippen LogP contribution in [0.3, 0.4) is 0 Å². The fourth-order valence-corrected chi connectivity index (χ4v) is 4.41. The molecule has 0 aliphatic rings. The van der Waals surface area contributed by atoms with Crippen molar-refractivity contribution in [2.24, 2.45) is 5.73 Å². The summed E-state index contributed by atoms with van der Waals surface area (Å²) < 4.78 is 5.84. The number of rotatable bonds is 8. The van der Waals surface area contributed by atoms with E-state index in [4.69, 9.17) is 10.5 Å². The number of carbonyl (C=O) groups is 2. The van der Waals surface area contributed by atoms with Crippen LogP contribution in [0.5, 0.6) is 5.75 Å². The van der Waals surface area contributed by atoms with Gasteiger partial charge in [-0.1, -0.05) is 91.0 Å². The van der Waals surface area contributed by atoms with Crippen molar-refractivity contribution >= 4 is 33.4 Å². The standard InChI is InChI=1S/C31H26N2O3/c32-30(34)28(18-21-14-16-25(17-15-21)36-20-22-8-2-1-3-9-22)33-31(35)29-26-12-6-4-10-23(26)19-24-11-5-7-13-27(24)29/h1-17,19,28H,18,20H2,(H2,32,34)(H,33,35)/t28-/m0/s1. The molecule has 0 spiro atoms. The second-order valence-electron chi connectivity index (χ2n) is 8.74. The highest BCUT2D eigenvalue weighted by Gasteiger charge is 2.22. The lowest BCUT2D eigenvalue weighted by molar-refractivity contribution is -0.119. The van der Waals surface area contributed by atoms with Crippen LogP contribution in [-0.4, -0.2) is 17.9 Å². The summed E-state index contributed by atoms with van der Waals surface area (Å²) in [6, 6.07) is 34.1. The summed E-state index contributed by atoms with van der Waals surface area (Å²) in [5.74, 6) is -0.184. The van der Waals surface area contributed by atoms with Crippen molar-refractivity contribution in [2.45, 2.75) is 19.1 Å². The molecule has 5 rings (SSSR count). The molecule has 178 valence electrons. The SMILES string of the molecule is NC(=O)[C@H](Cc1ccc(OCc2ccccc2)cc1)NC(=O)c1c2ccccc2cc2ccccc12. The van der Waals surface area contributed by atoms with E-state index in [1.807, 2.05) is 103 Å². The second kappa shape index (κ2) is 10.3. The fraction of sp³-hybridized carbons (Fsp3) is 0.0968. The molecular weight excluding hydrogens is 448 g/mol. The molecule has 36 heavy (non-hydrogen) atoms. The predicted octanol–water partition coefficient (Wildman–Crippen LogP) is 5.40. The van der Waals surface area contributed by atoms with Crippen LogP contribution < -0.4 is 15.8 Å². The van der Waals surface area contributed by atoms with Gasteiger partial charge >= 0.3 is 0 Å². The van der Waals surface area contributed by atoms with E-state index in [2.05, 4.69) is 11.4 Å². The minimum Gasteiger partial charge on any atom is -0.489 e. The number of hydrogen-bond acceptors (Lipinski definition) is 3. The summed E-state index contributed by atoms with van der Waals surface area (Å²) in [6.07, 6.45) is 0.280. The maximum atomic E-state index is 13.5. The van der Waals surface area contributed by atoms with Crippen LogP contribution in [0.15, 0.2) is 109 Å². The van der Waals surface area contributed by atoms with Crippen molar-refractivity contribution < 1.29 is 14.3 Å². The lowest BCUT2D eigenvalue weighted by Crippen LogP contribution is -2.46. The normalized spacial score (nSPS) is 11.8. The first kappa shape index (κ1) is 23.1. The summed E-state index contributed by atoms with van der Waals surface area (Å²) in [5, 5.41) is 6.47. The highest BCUT2D eigenvalue weighted by molar-refractivity contribution is 6.18. The molecule has 5 aromatic carbocycles. The molecule has 0 radical (unpaired) electrons. The van der Waals surface area contributed by atoms with Gasteiger partial charge in [-0.25, -0.2) is 0 Å². The fourth-order valence-electron chi connectivity index (χ4n) is 4.41. The Morgan fingerprint density at radius 2 is 1.31 bits per heavy atom. The van der Waals surface area contributed by atoms with E-state index >= 15 is 0 Å². The Morgan fingerprint density at radius 3 is 1.92 bits per heavy atom. The molecule has 0 unspecified atom stereocenters. The van der Waals surface area contributed by atoms with Crippen molar-refractivity contribution in [1.29, 1.82) is 0 Å². The molecule has 0 saturated carbocycles. The van der Waals surface area contributed by atoms with Crippen LogP contribution in [0.25, 0.3) is 21.5 Å². The molecule has 2 amide bonds. The van der Waals surface area contributed by atoms with Gasteiger partial charge in [-0.3, -0.25) is 9.59 Å². The quantitative estimate of drug-likeness (QED) is 0.296. The van der Waals surface area contributed by atoms with Crippen LogP contribution in [0, 0.1) is 0 Å². The Morgan fingerprint density at radius 1 is 0.722 bits per heavy atom. The molecule has 0 fully saturated rings. The third-order valence-electron chi connectivity index (χ3n) is 6.26. The van der Waals surface area contributed by atoms with Gasteiger partial charge in [-0.2, -0.15) is 0 Å². The molecule has 5 nitrogen and oxygen atoms in total. The molecule has 1 atom stereocenters. The number of nitrogens with two attached hydrogens (primary N) is 1. The van der Waals surface area contributed by atoms with Crippen molar-refractivity contribution in [1.82, 2.24) is 5.32 Å². The number of hydrogen-bond donors (Lipinski definition) is 2. The Balaban J connectivity index is 1.34. The van der Waals surface area contributed by atoms with Crippen molar-refractivity contribution in [3.63, 3.8) is 0 Å². The van der Waals surface area contributed by atoms with E-state index < -0.39 is 11.9 Å². The number of benzene rings is 5. The lowest BCUT2D eigenvalue weighted by Gasteiger charge is -2.18. The highest BCUT2D eigenvalue weighted by atomic mass is 16.5. The molecule has 0 aliphatic heterocycles. The van der Waals surface area contributed by atoms with Crippen LogP contribution >= 0.6 is 0 Å². The monoisotopic (exact) mass is 474 g/mol. The zero-order valence-corrected chi connectivity index (χ0v) is 19.7. The summed E-state index contributed by atoms with van der Waals surface area (Å²) in [7, 11) is 0. The van der Waals surface area contributed by atoms with E-state index in [0.717, 1.165) is 38.4 Å². The second-order valence-corrected chi connectivity index (χ2v) is 8.74. The number of nitrogens with one attached hydrogen (secondary N) is 1. The van der Waals surface area contributed by atoms with Gasteiger partial charge in [-0.05, 0) is 50.9 Å². The summed E-state index contributed by atoms with van der Waals surface area (Å²) in [6.45, 7) is 0.471. The molecule has 3 N–H and O–H groups in total. The van der Waals surface area contributed by atoms with Gasteiger partial charge in [0.2, 0.25) is 5.91 Å². The minimum atomic E-state index is -0.855. The van der Waals surface area contributed by atoms with Gasteiger partial charge < -0.3 is 15.8 Å². The Kier molecular flexibility index (Phi) is 6.63. The molecule has 5 heteroatoms. The molecular formula is C31H26N2O3. The third kappa shape index (κ3) is 5.05. The molecule has 0 bridgehead atoms. The summed E-state index contributed by atoms with van der Waals surface area (Å²) in [5.41, 5.74) is 8.19. The lowest BCUT2D eigenvalue weighted by atomic mass is 9.95. The van der Waals surface area contributed by atoms with Crippen molar-refractivity contribution in [2.75, 3.05) is 0 Å². The Bertz CT molecular complexity index is 1470. The zero-order valence-electron chi connectivity index (χ0n) is 19.7. The topological polar surface area (TPSA) is 81.4 Å². The number of ether oxygens (including phenoxy) is 1. The summed E-state index contributed by atoms with van der Waals surface area (Å²) in [4.78, 5) is 25.8. The van der Waals surface area contributed by atoms with Gasteiger partial charge in [0, 0.05) is 6.42 Å². The maximum Gasteiger partial charge on any atom is 0.253 e. The van der Waals surface area contributed by atoms with E-state index in [1.165, 1.54) is 0 Å². The molecule has 0 heterocycles. The van der Waals surface area contributed by atoms with Gasteiger partial charge in [-0.15, -0.1) is 0 Å². The van der Waals surface area contributed by atoms with Crippen LogP contribution in [0.1, 0.15) is 21.5 Å². The first-order valence-corrected chi connectivity index (χ1v) is 11.8. The van der Waals surface area contributed by atoms with Gasteiger partial charge in [0.1, 0.15) is 18.4 Å². The van der Waals surface area contributed by atoms with E-state index in [1.54, 1.807) is 0 Å². The predicted molar refractivity (Wildman–Crippen MR) is 143 cm³/mol. The van der Waals surface area contributed by atoms with E-state index in [-0.39, 0.29) is 12.3 Å². The van der Waals surface area contributed by atoms with Crippen LogP contribution in [0.2, 0.25) is 0 Å². The number of fused-ring (bicyclic) bond motifs is 2. The third-order valence-corrected chi connectivity index (χ3v) is 6.26. The first-order chi connectivity index (χ1) is 17.6. The highest BCUT2D eigenvalue weighted by Crippen LogP contribution is 2.28. The van der Waals surface area contributed by atoms with E-state index in [9.17, 15) is 9.59 Å². The summed E-state index contributed by atoms with van der Waals surface area (Å²) >= 11 is 0. The van der Waals surface area contributed by atoms with Crippen molar-refractivity contribution in [3.05, 3.63) is 126 Å². The van der Waals surface area contributed by atoms with Gasteiger partial charge in [0.05, 0.1) is 5.56 Å². The van der Waals surface area contributed by atoms with Crippen LogP contribution in [-0.2, 0) is 17.8 Å². The number of carbonyl (C=O) groups excluding carboxylic acids is 2. The Labute approximate surface area is 209 Å². The molecule has 5 aromatic rings. The average Bonchev–Trinajstić information content (AvgIpc) is 2.91.